The van der Waals surface area contributed by atoms with Gasteiger partial charge in [-0.3, -0.25) is 9.59 Å². The summed E-state index contributed by atoms with van der Waals surface area (Å²) in [6.07, 6.45) is 2.49. The van der Waals surface area contributed by atoms with E-state index in [2.05, 4.69) is 0 Å². The van der Waals surface area contributed by atoms with Gasteiger partial charge in [0.15, 0.2) is 12.1 Å². The Balaban J connectivity index is 4.39. The predicted octanol–water partition coefficient (Wildman–Crippen LogP) is 0.610. The first-order valence-corrected chi connectivity index (χ1v) is 3.48. The molecule has 0 saturated heterocycles. The summed E-state index contributed by atoms with van der Waals surface area (Å²) in [7, 11) is 3.54. The van der Waals surface area contributed by atoms with Crippen molar-refractivity contribution in [1.29, 1.82) is 0 Å². The number of hydrogen-bond acceptors (Lipinski definition) is 3. The Morgan fingerprint density at radius 3 is 2.27 bits per heavy atom. The Morgan fingerprint density at radius 2 is 2.00 bits per heavy atom. The van der Waals surface area contributed by atoms with E-state index < -0.39 is 0 Å². The Labute approximate surface area is 66.7 Å². The average molecular weight is 155 g/mol. The molecule has 0 N–H and O–H groups in total. The number of rotatable bonds is 4. The average Bonchev–Trinajstić information content (AvgIpc) is 1.98. The standard InChI is InChI=1S/C8H13NO2/c1-4-8(11)7(6-10)5-9(2)3/h5-6H,4H2,1-3H3. The number of aldehydes is 1. The fraction of sp³-hybridized carbons (Fsp3) is 0.500. The van der Waals surface area contributed by atoms with Gasteiger partial charge >= 0.3 is 0 Å². The lowest BCUT2D eigenvalue weighted by atomic mass is 10.1. The van der Waals surface area contributed by atoms with E-state index in [0.717, 1.165) is 0 Å². The molecule has 0 rings (SSSR count). The van der Waals surface area contributed by atoms with Crippen molar-refractivity contribution in [3.8, 4) is 0 Å². The minimum absolute atomic E-state index is 0.117. The SMILES string of the molecule is CCC(=O)C(C=O)=CN(C)C. The molecule has 0 radical (unpaired) electrons. The van der Waals surface area contributed by atoms with Crippen molar-refractivity contribution >= 4 is 12.1 Å². The number of carbonyl (C=O) groups is 2. The molecule has 0 aliphatic heterocycles. The number of hydrogen-bond donors (Lipinski definition) is 0. The summed E-state index contributed by atoms with van der Waals surface area (Å²) in [5, 5.41) is 0. The fourth-order valence-corrected chi connectivity index (χ4v) is 0.650. The molecule has 0 aliphatic rings. The predicted molar refractivity (Wildman–Crippen MR) is 43.1 cm³/mol. The molecular weight excluding hydrogens is 142 g/mol. The van der Waals surface area contributed by atoms with Crippen molar-refractivity contribution < 1.29 is 9.59 Å². The van der Waals surface area contributed by atoms with Crippen LogP contribution in [-0.2, 0) is 9.59 Å². The first-order valence-electron chi connectivity index (χ1n) is 3.48. The smallest absolute Gasteiger partial charge is 0.167 e. The van der Waals surface area contributed by atoms with Crippen molar-refractivity contribution in [1.82, 2.24) is 4.90 Å². The summed E-state index contributed by atoms with van der Waals surface area (Å²) in [5.41, 5.74) is 0.234. The second-order valence-corrected chi connectivity index (χ2v) is 2.44. The molecule has 0 bridgehead atoms. The minimum atomic E-state index is -0.117. The van der Waals surface area contributed by atoms with Crippen LogP contribution in [0, 0.1) is 0 Å². The molecular formula is C8H13NO2. The molecule has 0 spiro atoms. The van der Waals surface area contributed by atoms with Crippen molar-refractivity contribution in [3.05, 3.63) is 11.8 Å². The van der Waals surface area contributed by atoms with Crippen molar-refractivity contribution in [3.63, 3.8) is 0 Å². The van der Waals surface area contributed by atoms with E-state index in [-0.39, 0.29) is 11.4 Å². The van der Waals surface area contributed by atoms with Gasteiger partial charge in [0.2, 0.25) is 0 Å². The van der Waals surface area contributed by atoms with Crippen LogP contribution >= 0.6 is 0 Å². The summed E-state index contributed by atoms with van der Waals surface area (Å²) < 4.78 is 0. The molecule has 0 aliphatic carbocycles. The summed E-state index contributed by atoms with van der Waals surface area (Å²) in [5.74, 6) is -0.117. The van der Waals surface area contributed by atoms with Crippen molar-refractivity contribution in [2.75, 3.05) is 14.1 Å². The second kappa shape index (κ2) is 4.66. The summed E-state index contributed by atoms with van der Waals surface area (Å²) in [4.78, 5) is 23.0. The molecule has 3 nitrogen and oxygen atoms in total. The number of Topliss-reactive ketones (excluding diaryl/α,β-unsaturated/α-hetero) is 1. The zero-order valence-electron chi connectivity index (χ0n) is 7.13. The number of allylic oxidation sites excluding steroid dienone is 1. The zero-order chi connectivity index (χ0) is 8.85. The third-order valence-corrected chi connectivity index (χ3v) is 1.17. The van der Waals surface area contributed by atoms with Crippen LogP contribution in [0.25, 0.3) is 0 Å². The van der Waals surface area contributed by atoms with Crippen molar-refractivity contribution in [2.45, 2.75) is 13.3 Å². The minimum Gasteiger partial charge on any atom is -0.383 e. The Bertz CT molecular complexity index is 183. The molecule has 0 heterocycles. The molecule has 0 amide bonds. The van der Waals surface area contributed by atoms with Gasteiger partial charge in [0.1, 0.15) is 0 Å². The Hall–Kier alpha value is -1.12. The van der Waals surface area contributed by atoms with Gasteiger partial charge in [-0.25, -0.2) is 0 Å². The second-order valence-electron chi connectivity index (χ2n) is 2.44. The van der Waals surface area contributed by atoms with Crippen LogP contribution in [0.3, 0.4) is 0 Å². The van der Waals surface area contributed by atoms with Crippen LogP contribution in [0.5, 0.6) is 0 Å². The third kappa shape index (κ3) is 3.55. The molecule has 0 aromatic heterocycles. The van der Waals surface area contributed by atoms with Gasteiger partial charge in [0.25, 0.3) is 0 Å². The van der Waals surface area contributed by atoms with Gasteiger partial charge in [-0.2, -0.15) is 0 Å². The van der Waals surface area contributed by atoms with E-state index >= 15 is 0 Å². The van der Waals surface area contributed by atoms with Gasteiger partial charge in [0.05, 0.1) is 5.57 Å². The monoisotopic (exact) mass is 155 g/mol. The highest BCUT2D eigenvalue weighted by atomic mass is 16.1. The molecule has 0 aromatic rings. The molecule has 0 unspecified atom stereocenters. The fourth-order valence-electron chi connectivity index (χ4n) is 0.650. The maximum absolute atomic E-state index is 11.0. The number of nitrogens with zero attached hydrogens (tertiary/aromatic N) is 1. The van der Waals surface area contributed by atoms with Crippen LogP contribution in [-0.4, -0.2) is 31.1 Å². The normalized spacial score (nSPS) is 11.0. The van der Waals surface area contributed by atoms with E-state index in [1.807, 2.05) is 0 Å². The quantitative estimate of drug-likeness (QED) is 0.258. The lowest BCUT2D eigenvalue weighted by Gasteiger charge is -2.05. The van der Waals surface area contributed by atoms with Gasteiger partial charge in [-0.1, -0.05) is 6.92 Å². The van der Waals surface area contributed by atoms with Crippen LogP contribution in [0.4, 0.5) is 0 Å². The van der Waals surface area contributed by atoms with Crippen LogP contribution < -0.4 is 0 Å². The molecule has 0 fully saturated rings. The first-order chi connectivity index (χ1) is 5.11. The molecule has 62 valence electrons. The lowest BCUT2D eigenvalue weighted by Crippen LogP contribution is -2.09. The van der Waals surface area contributed by atoms with Gasteiger partial charge in [0, 0.05) is 26.7 Å². The maximum atomic E-state index is 11.0. The van der Waals surface area contributed by atoms with Crippen molar-refractivity contribution in [2.24, 2.45) is 0 Å². The maximum Gasteiger partial charge on any atom is 0.167 e. The van der Waals surface area contributed by atoms with Crippen LogP contribution in [0.1, 0.15) is 13.3 Å². The largest absolute Gasteiger partial charge is 0.383 e. The third-order valence-electron chi connectivity index (χ3n) is 1.17. The highest BCUT2D eigenvalue weighted by molar-refractivity contribution is 6.11. The summed E-state index contributed by atoms with van der Waals surface area (Å²) >= 11 is 0. The van der Waals surface area contributed by atoms with Gasteiger partial charge < -0.3 is 4.90 Å². The highest BCUT2D eigenvalue weighted by Gasteiger charge is 2.04. The molecule has 11 heavy (non-hydrogen) atoms. The molecule has 0 aromatic carbocycles. The Morgan fingerprint density at radius 1 is 1.45 bits per heavy atom. The van der Waals surface area contributed by atoms with Crippen LogP contribution in [0.2, 0.25) is 0 Å². The van der Waals surface area contributed by atoms with E-state index in [1.54, 1.807) is 25.9 Å². The number of ketones is 1. The lowest BCUT2D eigenvalue weighted by molar-refractivity contribution is -0.117. The molecule has 0 atom stereocenters. The van der Waals surface area contributed by atoms with Gasteiger partial charge in [-0.15, -0.1) is 0 Å². The molecule has 0 saturated carbocycles. The van der Waals surface area contributed by atoms with E-state index in [4.69, 9.17) is 0 Å². The topological polar surface area (TPSA) is 37.4 Å². The summed E-state index contributed by atoms with van der Waals surface area (Å²) in [6.45, 7) is 1.73. The Kier molecular flexibility index (Phi) is 4.18. The summed E-state index contributed by atoms with van der Waals surface area (Å²) in [6, 6.07) is 0. The van der Waals surface area contributed by atoms with E-state index in [9.17, 15) is 9.59 Å². The highest BCUT2D eigenvalue weighted by Crippen LogP contribution is 1.96. The van der Waals surface area contributed by atoms with E-state index in [0.29, 0.717) is 12.7 Å². The zero-order valence-corrected chi connectivity index (χ0v) is 7.13. The van der Waals surface area contributed by atoms with Gasteiger partial charge in [-0.05, 0) is 0 Å². The van der Waals surface area contributed by atoms with Crippen LogP contribution in [0.15, 0.2) is 11.8 Å². The number of carbonyl (C=O) groups excluding carboxylic acids is 2. The molecule has 3 heteroatoms. The first kappa shape index (κ1) is 9.88. The van der Waals surface area contributed by atoms with E-state index in [1.165, 1.54) is 6.20 Å².